The Morgan fingerprint density at radius 2 is 1.86 bits per heavy atom. The predicted octanol–water partition coefficient (Wildman–Crippen LogP) is 5.64. The van der Waals surface area contributed by atoms with Crippen molar-refractivity contribution in [2.45, 2.75) is 76.1 Å². The molecule has 0 spiro atoms. The number of benzene rings is 2. The molecule has 8 heteroatoms. The molecule has 4 rings (SSSR count). The van der Waals surface area contributed by atoms with Crippen molar-refractivity contribution in [1.82, 2.24) is 19.7 Å². The van der Waals surface area contributed by atoms with Crippen LogP contribution in [0.1, 0.15) is 56.5 Å². The van der Waals surface area contributed by atoms with Crippen molar-refractivity contribution in [1.29, 1.82) is 0 Å². The van der Waals surface area contributed by atoms with Crippen molar-refractivity contribution in [2.24, 2.45) is 0 Å². The third-order valence-corrected chi connectivity index (χ3v) is 7.36. The Hall–Kier alpha value is -2.87. The highest BCUT2D eigenvalue weighted by molar-refractivity contribution is 8.00. The van der Waals surface area contributed by atoms with Gasteiger partial charge in [0.25, 0.3) is 0 Å². The molecule has 3 aromatic rings. The molecule has 2 heterocycles. The molecule has 186 valence electrons. The van der Waals surface area contributed by atoms with Crippen molar-refractivity contribution >= 4 is 17.7 Å². The van der Waals surface area contributed by atoms with Gasteiger partial charge < -0.3 is 14.2 Å². The third kappa shape index (κ3) is 6.42. The zero-order chi connectivity index (χ0) is 24.6. The van der Waals surface area contributed by atoms with Crippen molar-refractivity contribution in [2.75, 3.05) is 6.54 Å². The number of para-hydroxylation sites is 1. The summed E-state index contributed by atoms with van der Waals surface area (Å²) in [4.78, 5) is 15.2. The first-order chi connectivity index (χ1) is 17.1. The molecule has 1 aliphatic heterocycles. The van der Waals surface area contributed by atoms with Crippen LogP contribution in [0.4, 0.5) is 4.39 Å². The van der Waals surface area contributed by atoms with Gasteiger partial charge in [-0.1, -0.05) is 74.3 Å². The van der Waals surface area contributed by atoms with Crippen LogP contribution in [0.2, 0.25) is 0 Å². The second-order valence-corrected chi connectivity index (χ2v) is 10.2. The number of rotatable bonds is 11. The second kappa shape index (κ2) is 12.2. The molecule has 6 nitrogen and oxygen atoms in total. The van der Waals surface area contributed by atoms with Crippen LogP contribution in [-0.2, 0) is 30.9 Å². The maximum Gasteiger partial charge on any atom is 0.236 e. The lowest BCUT2D eigenvalue weighted by Gasteiger charge is -2.30. The molecule has 0 fully saturated rings. The van der Waals surface area contributed by atoms with Gasteiger partial charge in [0, 0.05) is 19.6 Å². The van der Waals surface area contributed by atoms with Crippen LogP contribution in [0.3, 0.4) is 0 Å². The van der Waals surface area contributed by atoms with Gasteiger partial charge in [-0.3, -0.25) is 4.79 Å². The summed E-state index contributed by atoms with van der Waals surface area (Å²) in [5.41, 5.74) is 2.54. The number of carbonyl (C=O) groups excluding carboxylic acids is 1. The average molecular weight is 497 g/mol. The number of ether oxygens (including phenoxy) is 1. The van der Waals surface area contributed by atoms with Crippen molar-refractivity contribution in [3.05, 3.63) is 71.3 Å². The van der Waals surface area contributed by atoms with Gasteiger partial charge >= 0.3 is 0 Å². The van der Waals surface area contributed by atoms with E-state index in [1.807, 2.05) is 22.5 Å². The molecular weight excluding hydrogens is 463 g/mol. The Morgan fingerprint density at radius 1 is 1.09 bits per heavy atom. The Kier molecular flexibility index (Phi) is 8.79. The quantitative estimate of drug-likeness (QED) is 0.254. The number of amides is 1. The normalized spacial score (nSPS) is 14.0. The molecule has 0 aliphatic carbocycles. The standard InChI is InChI=1S/C27H33FN4O2S/c1-3-4-5-10-16-32-25(19-34-24-14-9-8-13-23(24)28)29-30-27(32)35-20(2)26(33)31-17-15-21-11-6-7-12-22(21)18-31/h6-9,11-14,20H,3-5,10,15-19H2,1-2H3/t20-/m1/s1. The number of aromatic nitrogens is 3. The fraction of sp³-hybridized carbons (Fsp3) is 0.444. The zero-order valence-electron chi connectivity index (χ0n) is 20.5. The number of nitrogens with zero attached hydrogens (tertiary/aromatic N) is 4. The van der Waals surface area contributed by atoms with E-state index in [1.165, 1.54) is 29.0 Å². The summed E-state index contributed by atoms with van der Waals surface area (Å²) in [6.07, 6.45) is 5.28. The van der Waals surface area contributed by atoms with Crippen molar-refractivity contribution < 1.29 is 13.9 Å². The zero-order valence-corrected chi connectivity index (χ0v) is 21.3. The minimum atomic E-state index is -0.404. The van der Waals surface area contributed by atoms with E-state index in [4.69, 9.17) is 4.74 Å². The maximum atomic E-state index is 14.0. The summed E-state index contributed by atoms with van der Waals surface area (Å²) >= 11 is 1.43. The molecule has 0 saturated carbocycles. The molecule has 2 aromatic carbocycles. The van der Waals surface area contributed by atoms with E-state index < -0.39 is 5.82 Å². The van der Waals surface area contributed by atoms with E-state index in [2.05, 4.69) is 35.3 Å². The Balaban J connectivity index is 1.44. The lowest BCUT2D eigenvalue weighted by molar-refractivity contribution is -0.131. The predicted molar refractivity (Wildman–Crippen MR) is 136 cm³/mol. The van der Waals surface area contributed by atoms with Crippen LogP contribution in [-0.4, -0.2) is 37.4 Å². The van der Waals surface area contributed by atoms with E-state index in [1.54, 1.807) is 18.2 Å². The van der Waals surface area contributed by atoms with Gasteiger partial charge in [-0.25, -0.2) is 4.39 Å². The Bertz CT molecular complexity index is 1140. The largest absolute Gasteiger partial charge is 0.483 e. The fourth-order valence-electron chi connectivity index (χ4n) is 4.29. The Morgan fingerprint density at radius 3 is 2.66 bits per heavy atom. The lowest BCUT2D eigenvalue weighted by atomic mass is 10.00. The van der Waals surface area contributed by atoms with E-state index in [0.29, 0.717) is 17.5 Å². The number of hydrogen-bond donors (Lipinski definition) is 0. The molecule has 0 bridgehead atoms. The molecule has 1 amide bonds. The molecule has 0 saturated heterocycles. The number of hydrogen-bond acceptors (Lipinski definition) is 5. The highest BCUT2D eigenvalue weighted by atomic mass is 32.2. The van der Waals surface area contributed by atoms with E-state index in [0.717, 1.165) is 45.2 Å². The van der Waals surface area contributed by atoms with Crippen LogP contribution in [0.15, 0.2) is 53.7 Å². The second-order valence-electron chi connectivity index (χ2n) is 8.87. The van der Waals surface area contributed by atoms with Gasteiger partial charge in [0.2, 0.25) is 5.91 Å². The number of fused-ring (bicyclic) bond motifs is 1. The van der Waals surface area contributed by atoms with Gasteiger partial charge in [0.15, 0.2) is 22.5 Å². The minimum Gasteiger partial charge on any atom is -0.483 e. The van der Waals surface area contributed by atoms with E-state index in [9.17, 15) is 9.18 Å². The first kappa shape index (κ1) is 25.2. The number of thioether (sulfide) groups is 1. The van der Waals surface area contributed by atoms with Crippen LogP contribution in [0.5, 0.6) is 5.75 Å². The molecule has 0 radical (unpaired) electrons. The van der Waals surface area contributed by atoms with E-state index >= 15 is 0 Å². The first-order valence-electron chi connectivity index (χ1n) is 12.4. The molecule has 0 unspecified atom stereocenters. The van der Waals surface area contributed by atoms with E-state index in [-0.39, 0.29) is 23.5 Å². The molecule has 1 aromatic heterocycles. The van der Waals surface area contributed by atoms with Crippen molar-refractivity contribution in [3.63, 3.8) is 0 Å². The van der Waals surface area contributed by atoms with Crippen molar-refractivity contribution in [3.8, 4) is 5.75 Å². The molecule has 1 atom stereocenters. The molecule has 1 aliphatic rings. The third-order valence-electron chi connectivity index (χ3n) is 6.29. The van der Waals surface area contributed by atoms with Crippen LogP contribution >= 0.6 is 11.8 Å². The number of unbranched alkanes of at least 4 members (excludes halogenated alkanes) is 3. The minimum absolute atomic E-state index is 0.106. The van der Waals surface area contributed by atoms with Crippen LogP contribution in [0, 0.1) is 5.82 Å². The van der Waals surface area contributed by atoms with Gasteiger partial charge in [-0.15, -0.1) is 10.2 Å². The van der Waals surface area contributed by atoms with Gasteiger partial charge in [-0.2, -0.15) is 0 Å². The smallest absolute Gasteiger partial charge is 0.236 e. The first-order valence-corrected chi connectivity index (χ1v) is 13.3. The Labute approximate surface area is 210 Å². The SMILES string of the molecule is CCCCCCn1c(COc2ccccc2F)nnc1S[C@H](C)C(=O)N1CCc2ccccc2C1. The fourth-order valence-corrected chi connectivity index (χ4v) is 5.27. The molecular formula is C27H33FN4O2S. The molecule has 0 N–H and O–H groups in total. The highest BCUT2D eigenvalue weighted by Crippen LogP contribution is 2.27. The summed E-state index contributed by atoms with van der Waals surface area (Å²) in [5.74, 6) is 0.530. The van der Waals surface area contributed by atoms with Crippen LogP contribution in [0.25, 0.3) is 0 Å². The number of carbonyl (C=O) groups is 1. The monoisotopic (exact) mass is 496 g/mol. The highest BCUT2D eigenvalue weighted by Gasteiger charge is 2.27. The summed E-state index contributed by atoms with van der Waals surface area (Å²) in [6, 6.07) is 14.7. The molecule has 35 heavy (non-hydrogen) atoms. The van der Waals surface area contributed by atoms with Gasteiger partial charge in [-0.05, 0) is 43.0 Å². The van der Waals surface area contributed by atoms with Crippen LogP contribution < -0.4 is 4.74 Å². The number of halogens is 1. The summed E-state index contributed by atoms with van der Waals surface area (Å²) in [5, 5.41) is 9.13. The van der Waals surface area contributed by atoms with Gasteiger partial charge in [0.1, 0.15) is 6.61 Å². The maximum absolute atomic E-state index is 14.0. The lowest BCUT2D eigenvalue weighted by Crippen LogP contribution is -2.40. The van der Waals surface area contributed by atoms with Gasteiger partial charge in [0.05, 0.1) is 5.25 Å². The summed E-state index contributed by atoms with van der Waals surface area (Å²) < 4.78 is 21.7. The summed E-state index contributed by atoms with van der Waals surface area (Å²) in [6.45, 7) is 6.34. The average Bonchev–Trinajstić information content (AvgIpc) is 3.26. The summed E-state index contributed by atoms with van der Waals surface area (Å²) in [7, 11) is 0. The topological polar surface area (TPSA) is 60.2 Å².